The number of carbonyl (C=O) groups excluding carboxylic acids is 1. The van der Waals surface area contributed by atoms with E-state index in [9.17, 15) is 4.79 Å². The summed E-state index contributed by atoms with van der Waals surface area (Å²) in [6.45, 7) is 6.78. The average Bonchev–Trinajstić information content (AvgIpc) is 2.43. The van der Waals surface area contributed by atoms with E-state index >= 15 is 0 Å². The van der Waals surface area contributed by atoms with Crippen molar-refractivity contribution < 1.29 is 4.79 Å². The summed E-state index contributed by atoms with van der Waals surface area (Å²) in [6.07, 6.45) is 1.40. The quantitative estimate of drug-likeness (QED) is 0.557. The van der Waals surface area contributed by atoms with E-state index in [1.165, 1.54) is 0 Å². The molecule has 0 atom stereocenters. The van der Waals surface area contributed by atoms with Gasteiger partial charge < -0.3 is 16.0 Å². The van der Waals surface area contributed by atoms with Crippen LogP contribution in [-0.2, 0) is 11.3 Å². The Morgan fingerprint density at radius 2 is 2.10 bits per heavy atom. The molecular formula is C16H26N4O. The molecule has 0 spiro atoms. The maximum Gasteiger partial charge on any atom is 0.224 e. The Balaban J connectivity index is 2.58. The molecule has 21 heavy (non-hydrogen) atoms. The summed E-state index contributed by atoms with van der Waals surface area (Å²) in [6, 6.07) is 8.17. The van der Waals surface area contributed by atoms with Gasteiger partial charge in [0.05, 0.1) is 0 Å². The zero-order valence-corrected chi connectivity index (χ0v) is 13.4. The molecule has 0 fully saturated rings. The van der Waals surface area contributed by atoms with E-state index in [4.69, 9.17) is 0 Å². The van der Waals surface area contributed by atoms with Crippen LogP contribution in [0.1, 0.15) is 39.2 Å². The predicted octanol–water partition coefficient (Wildman–Crippen LogP) is 2.50. The molecule has 0 aliphatic carbocycles. The smallest absolute Gasteiger partial charge is 0.224 e. The minimum absolute atomic E-state index is 0.0555. The highest BCUT2D eigenvalue weighted by molar-refractivity contribution is 5.90. The molecule has 0 saturated carbocycles. The molecule has 1 amide bonds. The van der Waals surface area contributed by atoms with Crippen molar-refractivity contribution in [2.45, 2.75) is 46.2 Å². The summed E-state index contributed by atoms with van der Waals surface area (Å²) in [5.74, 6) is 0.824. The second-order valence-electron chi connectivity index (χ2n) is 5.22. The van der Waals surface area contributed by atoms with Crippen LogP contribution in [0.25, 0.3) is 0 Å². The lowest BCUT2D eigenvalue weighted by molar-refractivity contribution is -0.116. The molecule has 0 radical (unpaired) electrons. The van der Waals surface area contributed by atoms with Crippen molar-refractivity contribution >= 4 is 17.6 Å². The van der Waals surface area contributed by atoms with Crippen LogP contribution in [-0.4, -0.2) is 25.0 Å². The summed E-state index contributed by atoms with van der Waals surface area (Å²) in [7, 11) is 1.75. The van der Waals surface area contributed by atoms with Gasteiger partial charge in [-0.1, -0.05) is 19.1 Å². The molecule has 5 nitrogen and oxygen atoms in total. The average molecular weight is 290 g/mol. The second kappa shape index (κ2) is 9.00. The van der Waals surface area contributed by atoms with Crippen LogP contribution in [0.4, 0.5) is 5.69 Å². The number of benzene rings is 1. The molecule has 0 aliphatic heterocycles. The summed E-state index contributed by atoms with van der Waals surface area (Å²) in [5.41, 5.74) is 1.93. The SMILES string of the molecule is CCCC(=O)Nc1cccc(CNC(=NC)NC(C)C)c1. The monoisotopic (exact) mass is 290 g/mol. The lowest BCUT2D eigenvalue weighted by Gasteiger charge is -2.15. The number of nitrogens with one attached hydrogen (secondary N) is 3. The number of carbonyl (C=O) groups is 1. The van der Waals surface area contributed by atoms with E-state index < -0.39 is 0 Å². The Labute approximate surface area is 127 Å². The molecule has 0 aliphatic rings. The van der Waals surface area contributed by atoms with Gasteiger partial charge in [0.15, 0.2) is 5.96 Å². The van der Waals surface area contributed by atoms with Crippen molar-refractivity contribution in [1.82, 2.24) is 10.6 Å². The number of hydrogen-bond donors (Lipinski definition) is 3. The van der Waals surface area contributed by atoms with Crippen LogP contribution >= 0.6 is 0 Å². The Morgan fingerprint density at radius 3 is 2.71 bits per heavy atom. The Hall–Kier alpha value is -2.04. The van der Waals surface area contributed by atoms with E-state index in [1.54, 1.807) is 7.05 Å². The molecule has 116 valence electrons. The maximum absolute atomic E-state index is 11.6. The number of hydrogen-bond acceptors (Lipinski definition) is 2. The third kappa shape index (κ3) is 6.79. The molecule has 3 N–H and O–H groups in total. The Kier molecular flexibility index (Phi) is 7.29. The molecule has 1 aromatic carbocycles. The van der Waals surface area contributed by atoms with Gasteiger partial charge in [-0.15, -0.1) is 0 Å². The van der Waals surface area contributed by atoms with Crippen LogP contribution in [0.2, 0.25) is 0 Å². The molecule has 0 heterocycles. The third-order valence-corrected chi connectivity index (χ3v) is 2.80. The van der Waals surface area contributed by atoms with Gasteiger partial charge in [0.25, 0.3) is 0 Å². The molecule has 0 bridgehead atoms. The van der Waals surface area contributed by atoms with Gasteiger partial charge >= 0.3 is 0 Å². The Morgan fingerprint density at radius 1 is 1.33 bits per heavy atom. The molecule has 0 aromatic heterocycles. The fourth-order valence-corrected chi connectivity index (χ4v) is 1.86. The van der Waals surface area contributed by atoms with Gasteiger partial charge in [0.2, 0.25) is 5.91 Å². The lowest BCUT2D eigenvalue weighted by Crippen LogP contribution is -2.40. The van der Waals surface area contributed by atoms with Crippen molar-refractivity contribution in [3.8, 4) is 0 Å². The highest BCUT2D eigenvalue weighted by Gasteiger charge is 2.03. The van der Waals surface area contributed by atoms with Crippen molar-refractivity contribution in [2.75, 3.05) is 12.4 Å². The van der Waals surface area contributed by atoms with E-state index in [-0.39, 0.29) is 5.91 Å². The molecule has 5 heteroatoms. The van der Waals surface area contributed by atoms with Crippen LogP contribution in [0, 0.1) is 0 Å². The standard InChI is InChI=1S/C16H26N4O/c1-5-7-15(21)20-14-9-6-8-13(10-14)11-18-16(17-4)19-12(2)3/h6,8-10,12H,5,7,11H2,1-4H3,(H,20,21)(H2,17,18,19). The van der Waals surface area contributed by atoms with Gasteiger partial charge in [-0.25, -0.2) is 0 Å². The largest absolute Gasteiger partial charge is 0.354 e. The van der Waals surface area contributed by atoms with Crippen LogP contribution in [0.3, 0.4) is 0 Å². The van der Waals surface area contributed by atoms with Gasteiger partial charge in [0, 0.05) is 31.7 Å². The van der Waals surface area contributed by atoms with Gasteiger partial charge in [-0.05, 0) is 38.0 Å². The zero-order chi connectivity index (χ0) is 15.7. The van der Waals surface area contributed by atoms with Crippen LogP contribution < -0.4 is 16.0 Å². The Bertz CT molecular complexity index is 483. The summed E-state index contributed by atoms with van der Waals surface area (Å²) in [4.78, 5) is 15.8. The number of nitrogens with zero attached hydrogens (tertiary/aromatic N) is 1. The topological polar surface area (TPSA) is 65.5 Å². The highest BCUT2D eigenvalue weighted by atomic mass is 16.1. The van der Waals surface area contributed by atoms with E-state index in [0.29, 0.717) is 19.0 Å². The lowest BCUT2D eigenvalue weighted by atomic mass is 10.2. The zero-order valence-electron chi connectivity index (χ0n) is 13.4. The first-order valence-electron chi connectivity index (χ1n) is 7.41. The first kappa shape index (κ1) is 17.0. The van der Waals surface area contributed by atoms with Crippen LogP contribution in [0.15, 0.2) is 29.3 Å². The fraction of sp³-hybridized carbons (Fsp3) is 0.500. The molecule has 1 aromatic rings. The number of guanidine groups is 1. The summed E-state index contributed by atoms with van der Waals surface area (Å²) < 4.78 is 0. The first-order chi connectivity index (χ1) is 10.0. The van der Waals surface area contributed by atoms with Crippen molar-refractivity contribution in [1.29, 1.82) is 0 Å². The number of rotatable bonds is 6. The molecular weight excluding hydrogens is 264 g/mol. The van der Waals surface area contributed by atoms with Crippen LogP contribution in [0.5, 0.6) is 0 Å². The van der Waals surface area contributed by atoms with E-state index in [1.807, 2.05) is 31.2 Å². The number of aliphatic imine (C=N–C) groups is 1. The summed E-state index contributed by atoms with van der Waals surface area (Å²) >= 11 is 0. The van der Waals surface area contributed by atoms with Crippen molar-refractivity contribution in [3.05, 3.63) is 29.8 Å². The minimum atomic E-state index is 0.0555. The molecule has 0 saturated heterocycles. The van der Waals surface area contributed by atoms with Crippen molar-refractivity contribution in [2.24, 2.45) is 4.99 Å². The van der Waals surface area contributed by atoms with E-state index in [2.05, 4.69) is 34.8 Å². The number of amides is 1. The fourth-order valence-electron chi connectivity index (χ4n) is 1.86. The second-order valence-corrected chi connectivity index (χ2v) is 5.22. The predicted molar refractivity (Wildman–Crippen MR) is 88.5 cm³/mol. The maximum atomic E-state index is 11.6. The van der Waals surface area contributed by atoms with E-state index in [0.717, 1.165) is 23.6 Å². The first-order valence-corrected chi connectivity index (χ1v) is 7.41. The van der Waals surface area contributed by atoms with Crippen molar-refractivity contribution in [3.63, 3.8) is 0 Å². The van der Waals surface area contributed by atoms with Gasteiger partial charge in [-0.2, -0.15) is 0 Å². The van der Waals surface area contributed by atoms with Gasteiger partial charge in [0.1, 0.15) is 0 Å². The normalized spacial score (nSPS) is 11.4. The van der Waals surface area contributed by atoms with Gasteiger partial charge in [-0.3, -0.25) is 9.79 Å². The summed E-state index contributed by atoms with van der Waals surface area (Å²) in [5, 5.41) is 9.39. The minimum Gasteiger partial charge on any atom is -0.354 e. The number of anilines is 1. The third-order valence-electron chi connectivity index (χ3n) is 2.80. The molecule has 1 rings (SSSR count). The molecule has 0 unspecified atom stereocenters. The highest BCUT2D eigenvalue weighted by Crippen LogP contribution is 2.11.